The highest BCUT2D eigenvalue weighted by Gasteiger charge is 2.09. The highest BCUT2D eigenvalue weighted by molar-refractivity contribution is 8.00. The van der Waals surface area contributed by atoms with Gasteiger partial charge in [0.1, 0.15) is 11.6 Å². The quantitative estimate of drug-likeness (QED) is 0.622. The Bertz CT molecular complexity index is 707. The zero-order valence-corrected chi connectivity index (χ0v) is 13.9. The van der Waals surface area contributed by atoms with Crippen molar-refractivity contribution < 1.29 is 18.7 Å². The lowest BCUT2D eigenvalue weighted by Gasteiger charge is -2.08. The molecule has 5 nitrogen and oxygen atoms in total. The molecule has 2 aromatic carbocycles. The number of hydrazine groups is 1. The number of hydrogen-bond donors (Lipinski definition) is 2. The van der Waals surface area contributed by atoms with Crippen molar-refractivity contribution in [3.05, 3.63) is 59.9 Å². The Hall–Kier alpha value is -2.54. The number of carbonyl (C=O) groups is 2. The van der Waals surface area contributed by atoms with Crippen molar-refractivity contribution in [1.82, 2.24) is 10.9 Å². The summed E-state index contributed by atoms with van der Waals surface area (Å²) in [4.78, 5) is 24.0. The number of carbonyl (C=O) groups excluding carboxylic acids is 2. The average Bonchev–Trinajstić information content (AvgIpc) is 2.60. The largest absolute Gasteiger partial charge is 0.494 e. The number of thioether (sulfide) groups is 1. The molecule has 0 unspecified atom stereocenters. The summed E-state index contributed by atoms with van der Waals surface area (Å²) in [5.41, 5.74) is 5.00. The molecule has 0 saturated heterocycles. The predicted octanol–water partition coefficient (Wildman–Crippen LogP) is 2.78. The van der Waals surface area contributed by atoms with Crippen LogP contribution in [-0.4, -0.2) is 24.2 Å². The Morgan fingerprint density at radius 3 is 2.46 bits per heavy atom. The Kier molecular flexibility index (Phi) is 6.62. The van der Waals surface area contributed by atoms with E-state index in [0.717, 1.165) is 11.8 Å². The van der Waals surface area contributed by atoms with Gasteiger partial charge in [0.25, 0.3) is 5.91 Å². The second-order valence-electron chi connectivity index (χ2n) is 4.68. The van der Waals surface area contributed by atoms with Crippen molar-refractivity contribution in [3.8, 4) is 5.75 Å². The first-order chi connectivity index (χ1) is 11.6. The molecule has 24 heavy (non-hydrogen) atoms. The van der Waals surface area contributed by atoms with Gasteiger partial charge >= 0.3 is 0 Å². The fourth-order valence-corrected chi connectivity index (χ4v) is 2.55. The lowest BCUT2D eigenvalue weighted by atomic mass is 10.2. The normalized spacial score (nSPS) is 10.1. The third kappa shape index (κ3) is 5.27. The van der Waals surface area contributed by atoms with Crippen LogP contribution in [0.15, 0.2) is 53.4 Å². The number of amides is 2. The van der Waals surface area contributed by atoms with E-state index >= 15 is 0 Å². The molecule has 2 aromatic rings. The minimum Gasteiger partial charge on any atom is -0.494 e. The summed E-state index contributed by atoms with van der Waals surface area (Å²) in [6.07, 6.45) is 0. The summed E-state index contributed by atoms with van der Waals surface area (Å²) >= 11 is 1.06. The zero-order valence-electron chi connectivity index (χ0n) is 13.0. The van der Waals surface area contributed by atoms with Crippen molar-refractivity contribution in [2.45, 2.75) is 11.8 Å². The van der Waals surface area contributed by atoms with Crippen LogP contribution in [0.4, 0.5) is 4.39 Å². The van der Waals surface area contributed by atoms with Gasteiger partial charge in [-0.25, -0.2) is 4.39 Å². The monoisotopic (exact) mass is 348 g/mol. The maximum absolute atomic E-state index is 13.4. The van der Waals surface area contributed by atoms with Gasteiger partial charge < -0.3 is 4.74 Å². The maximum atomic E-state index is 13.4. The predicted molar refractivity (Wildman–Crippen MR) is 90.3 cm³/mol. The lowest BCUT2D eigenvalue weighted by molar-refractivity contribution is -0.119. The van der Waals surface area contributed by atoms with Crippen LogP contribution < -0.4 is 15.6 Å². The van der Waals surface area contributed by atoms with Crippen LogP contribution in [-0.2, 0) is 4.79 Å². The van der Waals surface area contributed by atoms with E-state index in [2.05, 4.69) is 10.9 Å². The summed E-state index contributed by atoms with van der Waals surface area (Å²) in [5.74, 6) is -0.595. The fraction of sp³-hybridized carbons (Fsp3) is 0.176. The Labute approximate surface area is 143 Å². The van der Waals surface area contributed by atoms with Crippen LogP contribution in [0.2, 0.25) is 0 Å². The van der Waals surface area contributed by atoms with Crippen LogP contribution in [0, 0.1) is 5.82 Å². The van der Waals surface area contributed by atoms with Crippen molar-refractivity contribution in [2.75, 3.05) is 12.4 Å². The average molecular weight is 348 g/mol. The van der Waals surface area contributed by atoms with E-state index in [1.54, 1.807) is 42.5 Å². The van der Waals surface area contributed by atoms with Gasteiger partial charge in [-0.2, -0.15) is 0 Å². The van der Waals surface area contributed by atoms with E-state index < -0.39 is 11.8 Å². The van der Waals surface area contributed by atoms with Crippen LogP contribution >= 0.6 is 11.8 Å². The molecule has 2 N–H and O–H groups in total. The molecule has 0 saturated carbocycles. The molecule has 0 radical (unpaired) electrons. The third-order valence-electron chi connectivity index (χ3n) is 2.94. The van der Waals surface area contributed by atoms with Gasteiger partial charge in [0, 0.05) is 10.5 Å². The molecule has 0 aliphatic carbocycles. The molecular weight excluding hydrogens is 331 g/mol. The van der Waals surface area contributed by atoms with E-state index in [4.69, 9.17) is 4.74 Å². The van der Waals surface area contributed by atoms with Gasteiger partial charge in [-0.05, 0) is 43.3 Å². The molecule has 126 valence electrons. The van der Waals surface area contributed by atoms with E-state index in [1.165, 1.54) is 6.07 Å². The molecule has 0 aliphatic heterocycles. The Morgan fingerprint density at radius 2 is 1.79 bits per heavy atom. The second-order valence-corrected chi connectivity index (χ2v) is 5.70. The SMILES string of the molecule is CCOc1ccc(C(=O)NNC(=O)CSc2ccccc2F)cc1. The zero-order chi connectivity index (χ0) is 17.4. The summed E-state index contributed by atoms with van der Waals surface area (Å²) in [7, 11) is 0. The highest BCUT2D eigenvalue weighted by atomic mass is 32.2. The van der Waals surface area contributed by atoms with Gasteiger partial charge in [0.2, 0.25) is 5.91 Å². The molecule has 0 bridgehead atoms. The minimum absolute atomic E-state index is 0.00943. The summed E-state index contributed by atoms with van der Waals surface area (Å²) in [6, 6.07) is 12.7. The van der Waals surface area contributed by atoms with Gasteiger partial charge in [0.15, 0.2) is 0 Å². The standard InChI is InChI=1S/C17H17FN2O3S/c1-2-23-13-9-7-12(8-10-13)17(22)20-19-16(21)11-24-15-6-4-3-5-14(15)18/h3-10H,2,11H2,1H3,(H,19,21)(H,20,22). The summed E-state index contributed by atoms with van der Waals surface area (Å²) in [6.45, 7) is 2.41. The third-order valence-corrected chi connectivity index (χ3v) is 3.99. The lowest BCUT2D eigenvalue weighted by Crippen LogP contribution is -2.42. The number of ether oxygens (including phenoxy) is 1. The summed E-state index contributed by atoms with van der Waals surface area (Å²) < 4.78 is 18.7. The van der Waals surface area contributed by atoms with Crippen molar-refractivity contribution >= 4 is 23.6 Å². The molecule has 0 aromatic heterocycles. The van der Waals surface area contributed by atoms with Gasteiger partial charge in [0.05, 0.1) is 12.4 Å². The number of halogens is 1. The molecule has 0 aliphatic rings. The molecule has 2 rings (SSSR count). The first-order valence-electron chi connectivity index (χ1n) is 7.29. The minimum atomic E-state index is -0.442. The number of hydrogen-bond acceptors (Lipinski definition) is 4. The molecule has 2 amide bonds. The molecule has 0 atom stereocenters. The van der Waals surface area contributed by atoms with Gasteiger partial charge in [-0.15, -0.1) is 11.8 Å². The highest BCUT2D eigenvalue weighted by Crippen LogP contribution is 2.20. The van der Waals surface area contributed by atoms with Crippen molar-refractivity contribution in [2.24, 2.45) is 0 Å². The van der Waals surface area contributed by atoms with Gasteiger partial charge in [-0.3, -0.25) is 20.4 Å². The van der Waals surface area contributed by atoms with Gasteiger partial charge in [-0.1, -0.05) is 12.1 Å². The van der Waals surface area contributed by atoms with Crippen LogP contribution in [0.25, 0.3) is 0 Å². The van der Waals surface area contributed by atoms with E-state index in [-0.39, 0.29) is 11.6 Å². The van der Waals surface area contributed by atoms with E-state index in [0.29, 0.717) is 22.8 Å². The number of rotatable bonds is 6. The van der Waals surface area contributed by atoms with Crippen LogP contribution in [0.3, 0.4) is 0 Å². The first-order valence-corrected chi connectivity index (χ1v) is 8.28. The molecule has 7 heteroatoms. The molecular formula is C17H17FN2O3S. The molecule has 0 spiro atoms. The van der Waals surface area contributed by atoms with E-state index in [1.807, 2.05) is 6.92 Å². The molecule has 0 fully saturated rings. The number of nitrogens with one attached hydrogen (secondary N) is 2. The van der Waals surface area contributed by atoms with Crippen molar-refractivity contribution in [3.63, 3.8) is 0 Å². The van der Waals surface area contributed by atoms with Crippen LogP contribution in [0.1, 0.15) is 17.3 Å². The van der Waals surface area contributed by atoms with Crippen molar-refractivity contribution in [1.29, 1.82) is 0 Å². The topological polar surface area (TPSA) is 67.4 Å². The second kappa shape index (κ2) is 8.93. The smallest absolute Gasteiger partial charge is 0.269 e. The number of benzene rings is 2. The van der Waals surface area contributed by atoms with Crippen LogP contribution in [0.5, 0.6) is 5.75 Å². The molecule has 0 heterocycles. The maximum Gasteiger partial charge on any atom is 0.269 e. The Balaban J connectivity index is 1.78. The fourth-order valence-electron chi connectivity index (χ4n) is 1.81. The van der Waals surface area contributed by atoms with E-state index in [9.17, 15) is 14.0 Å². The Morgan fingerprint density at radius 1 is 1.08 bits per heavy atom. The summed E-state index contributed by atoms with van der Waals surface area (Å²) in [5, 5.41) is 0. The first kappa shape index (κ1) is 17.8.